The number of carbonyl (C=O) groups is 3. The number of carbonyl (C=O) groups excluding carboxylic acids is 3. The first-order valence-corrected chi connectivity index (χ1v) is 19.1. The van der Waals surface area contributed by atoms with Gasteiger partial charge in [-0.2, -0.15) is 4.98 Å². The highest BCUT2D eigenvalue weighted by molar-refractivity contribution is 6.34. The molecule has 57 heavy (non-hydrogen) atoms. The summed E-state index contributed by atoms with van der Waals surface area (Å²) in [6.45, 7) is 23.8. The Morgan fingerprint density at radius 1 is 0.930 bits per heavy atom. The minimum absolute atomic E-state index is 0.0813. The Labute approximate surface area is 336 Å². The number of hydrogen-bond donors (Lipinski definition) is 0. The maximum atomic E-state index is 15.4. The van der Waals surface area contributed by atoms with Gasteiger partial charge in [0.15, 0.2) is 5.65 Å². The largest absolute Gasteiger partial charge is 0.443 e. The first-order valence-electron chi connectivity index (χ1n) is 18.8. The van der Waals surface area contributed by atoms with E-state index >= 15 is 4.39 Å². The Morgan fingerprint density at radius 2 is 1.49 bits per heavy atom. The minimum Gasteiger partial charge on any atom is -0.443 e. The van der Waals surface area contributed by atoms with Crippen LogP contribution in [0.5, 0.6) is 0 Å². The second-order valence-electron chi connectivity index (χ2n) is 16.5. The molecule has 4 aromatic rings. The van der Waals surface area contributed by atoms with E-state index in [4.69, 9.17) is 36.0 Å². The second kappa shape index (κ2) is 16.2. The molecule has 1 fully saturated rings. The van der Waals surface area contributed by atoms with Crippen LogP contribution < -0.4 is 15.5 Å². The van der Waals surface area contributed by atoms with Gasteiger partial charge in [0, 0.05) is 31.2 Å². The highest BCUT2D eigenvalue weighted by Gasteiger charge is 2.37. The van der Waals surface area contributed by atoms with E-state index in [1.54, 1.807) is 64.6 Å². The van der Waals surface area contributed by atoms with Crippen molar-refractivity contribution in [3.05, 3.63) is 75.7 Å². The molecule has 0 aliphatic carbocycles. The van der Waals surface area contributed by atoms with E-state index in [0.717, 1.165) is 0 Å². The van der Waals surface area contributed by atoms with Crippen molar-refractivity contribution in [2.75, 3.05) is 29.4 Å². The molecule has 0 radical (unpaired) electrons. The van der Waals surface area contributed by atoms with Crippen LogP contribution in [0, 0.1) is 5.82 Å². The Balaban J connectivity index is 1.86. The zero-order valence-corrected chi connectivity index (χ0v) is 35.1. The quantitative estimate of drug-likeness (QED) is 0.166. The van der Waals surface area contributed by atoms with Crippen LogP contribution in [0.15, 0.2) is 47.8 Å². The van der Waals surface area contributed by atoms with Crippen molar-refractivity contribution >= 4 is 52.5 Å². The predicted octanol–water partition coefficient (Wildman–Crippen LogP) is 8.18. The number of nitrogens with zero attached hydrogens (tertiary/aromatic N) is 8. The van der Waals surface area contributed by atoms with E-state index in [9.17, 15) is 19.2 Å². The molecule has 16 heteroatoms. The zero-order chi connectivity index (χ0) is 42.3. The number of ether oxygens (including phenoxy) is 2. The van der Waals surface area contributed by atoms with E-state index in [1.807, 2.05) is 39.5 Å². The van der Waals surface area contributed by atoms with Crippen LogP contribution in [0.1, 0.15) is 99.4 Å². The van der Waals surface area contributed by atoms with Crippen molar-refractivity contribution < 1.29 is 28.2 Å². The molecule has 1 aromatic carbocycles. The molecule has 304 valence electrons. The van der Waals surface area contributed by atoms with Crippen LogP contribution in [0.4, 0.5) is 25.7 Å². The number of aromatic nitrogens is 5. The highest BCUT2D eigenvalue weighted by Crippen LogP contribution is 2.38. The van der Waals surface area contributed by atoms with Gasteiger partial charge >= 0.3 is 17.9 Å². The molecule has 3 amide bonds. The summed E-state index contributed by atoms with van der Waals surface area (Å²) in [5.41, 5.74) is -1.70. The number of imide groups is 1. The summed E-state index contributed by atoms with van der Waals surface area (Å²) >= 11 is 6.90. The third-order valence-electron chi connectivity index (χ3n) is 8.91. The van der Waals surface area contributed by atoms with Crippen molar-refractivity contribution in [3.63, 3.8) is 0 Å². The van der Waals surface area contributed by atoms with E-state index in [0.29, 0.717) is 29.9 Å². The molecule has 1 saturated heterocycles. The summed E-state index contributed by atoms with van der Waals surface area (Å²) < 4.78 is 27.9. The number of fused-ring (bicyclic) bond motifs is 1. The number of halogens is 2. The lowest BCUT2D eigenvalue weighted by Gasteiger charge is -2.40. The van der Waals surface area contributed by atoms with Gasteiger partial charge < -0.3 is 19.3 Å². The molecule has 1 aliphatic heterocycles. The van der Waals surface area contributed by atoms with Crippen molar-refractivity contribution in [3.8, 4) is 16.9 Å². The van der Waals surface area contributed by atoms with E-state index in [2.05, 4.69) is 11.6 Å². The molecule has 0 bridgehead atoms. The second-order valence-corrected chi connectivity index (χ2v) is 16.9. The van der Waals surface area contributed by atoms with Gasteiger partial charge in [0.05, 0.1) is 33.2 Å². The van der Waals surface area contributed by atoms with Gasteiger partial charge in [-0.25, -0.2) is 38.3 Å². The monoisotopic (exact) mass is 804 g/mol. The Morgan fingerprint density at radius 3 is 1.98 bits per heavy atom. The summed E-state index contributed by atoms with van der Waals surface area (Å²) in [7, 11) is 0. The van der Waals surface area contributed by atoms with Gasteiger partial charge in [-0.3, -0.25) is 4.79 Å². The summed E-state index contributed by atoms with van der Waals surface area (Å²) in [4.78, 5) is 77.9. The van der Waals surface area contributed by atoms with Crippen LogP contribution in [0.3, 0.4) is 0 Å². The Kier molecular flexibility index (Phi) is 12.1. The van der Waals surface area contributed by atoms with Crippen LogP contribution in [0.25, 0.3) is 28.0 Å². The minimum atomic E-state index is -1.06. The summed E-state index contributed by atoms with van der Waals surface area (Å²) in [5.74, 6) is -1.71. The molecule has 0 N–H and O–H groups in total. The first-order chi connectivity index (χ1) is 26.5. The highest BCUT2D eigenvalue weighted by atomic mass is 35.5. The SMILES string of the molecule is C=CC(=O)N1CCN(c2nc(=O)n(-c3c(C(C)C)nc(N(C(=O)OC(C)(C)C)C(=O)OC(C)(C)C)nc3C(C)C)c3nc(-c4ccccc4F)c(Cl)cc23)[C@@H](C)C1. The molecule has 0 saturated carbocycles. The molecule has 1 atom stereocenters. The fraction of sp³-hybridized carbons (Fsp3) is 0.463. The third kappa shape index (κ3) is 9.08. The summed E-state index contributed by atoms with van der Waals surface area (Å²) in [5, 5.41) is 0.478. The van der Waals surface area contributed by atoms with E-state index in [1.165, 1.54) is 22.8 Å². The van der Waals surface area contributed by atoms with Crippen molar-refractivity contribution in [1.82, 2.24) is 29.4 Å². The van der Waals surface area contributed by atoms with Gasteiger partial charge in [-0.15, -0.1) is 4.90 Å². The van der Waals surface area contributed by atoms with Crippen molar-refractivity contribution in [1.29, 1.82) is 0 Å². The fourth-order valence-corrected chi connectivity index (χ4v) is 6.69. The predicted molar refractivity (Wildman–Crippen MR) is 218 cm³/mol. The number of hydrogen-bond acceptors (Lipinski definition) is 11. The van der Waals surface area contributed by atoms with Crippen molar-refractivity contribution in [2.24, 2.45) is 0 Å². The molecule has 3 aromatic heterocycles. The van der Waals surface area contributed by atoms with Crippen molar-refractivity contribution in [2.45, 2.75) is 105 Å². The maximum Gasteiger partial charge on any atom is 0.427 e. The lowest BCUT2D eigenvalue weighted by molar-refractivity contribution is -0.126. The number of benzene rings is 1. The first kappa shape index (κ1) is 42.7. The summed E-state index contributed by atoms with van der Waals surface area (Å²) in [6, 6.07) is 7.34. The standard InChI is InChI=1S/C41H50ClFN8O6/c1-13-29(52)48-18-19-49(24(6)21-48)34-26-20-27(42)32(25-16-14-15-17-28(25)43)44-35(26)50(37(53)47-34)33-30(22(2)3)45-36(46-31(33)23(4)5)51(38(54)56-40(7,8)9)39(55)57-41(10,11)12/h13-17,20,22-24H,1,18-19,21H2,2-12H3/t24-/m0/s1. The van der Waals surface area contributed by atoms with Crippen LogP contribution in [-0.2, 0) is 14.3 Å². The van der Waals surface area contributed by atoms with E-state index < -0.39 is 46.7 Å². The average Bonchev–Trinajstić information content (AvgIpc) is 3.09. The molecule has 0 spiro atoms. The Bertz CT molecular complexity index is 2240. The molecule has 5 rings (SSSR count). The van der Waals surface area contributed by atoms with Gasteiger partial charge in [0.1, 0.15) is 22.8 Å². The van der Waals surface area contributed by atoms with Gasteiger partial charge in [-0.05, 0) is 84.6 Å². The van der Waals surface area contributed by atoms with Crippen LogP contribution in [0.2, 0.25) is 5.02 Å². The number of pyridine rings is 1. The smallest absolute Gasteiger partial charge is 0.427 e. The molecule has 1 aliphatic rings. The number of rotatable bonds is 7. The topological polar surface area (TPSA) is 153 Å². The van der Waals surface area contributed by atoms with Crippen LogP contribution >= 0.6 is 11.6 Å². The van der Waals surface area contributed by atoms with Gasteiger partial charge in [0.25, 0.3) is 0 Å². The molecule has 4 heterocycles. The number of amides is 3. The zero-order valence-electron chi connectivity index (χ0n) is 34.3. The molecule has 14 nitrogen and oxygen atoms in total. The summed E-state index contributed by atoms with van der Waals surface area (Å²) in [6.07, 6.45) is -0.855. The Hall–Kier alpha value is -5.44. The lowest BCUT2D eigenvalue weighted by Crippen LogP contribution is -2.54. The number of anilines is 2. The maximum absolute atomic E-state index is 15.4. The van der Waals surface area contributed by atoms with E-state index in [-0.39, 0.29) is 62.7 Å². The van der Waals surface area contributed by atoms with Gasteiger partial charge in [-0.1, -0.05) is 58.0 Å². The molecular weight excluding hydrogens is 755 g/mol. The molecular formula is C41H50ClFN8O6. The normalized spacial score (nSPS) is 15.0. The van der Waals surface area contributed by atoms with Crippen LogP contribution in [-0.4, -0.2) is 84.4 Å². The number of piperazine rings is 1. The lowest BCUT2D eigenvalue weighted by atomic mass is 10.0. The molecule has 0 unspecified atom stereocenters. The average molecular weight is 805 g/mol. The van der Waals surface area contributed by atoms with Gasteiger partial charge in [0.2, 0.25) is 11.9 Å². The third-order valence-corrected chi connectivity index (χ3v) is 9.20. The fourth-order valence-electron chi connectivity index (χ4n) is 6.43.